The van der Waals surface area contributed by atoms with Gasteiger partial charge in [-0.25, -0.2) is 13.2 Å². The Labute approximate surface area is 137 Å². The molecule has 0 aliphatic carbocycles. The van der Waals surface area contributed by atoms with Crippen molar-refractivity contribution >= 4 is 16.1 Å². The van der Waals surface area contributed by atoms with Crippen LogP contribution in [0.25, 0.3) is 0 Å². The van der Waals surface area contributed by atoms with Gasteiger partial charge in [0, 0.05) is 0 Å². The number of nitrogens with zero attached hydrogens (tertiary/aromatic N) is 1. The molecule has 6 heteroatoms. The number of carbonyl (C=O) groups excluding carboxylic acids is 1. The van der Waals surface area contributed by atoms with Crippen molar-refractivity contribution in [3.8, 4) is 0 Å². The molecule has 0 radical (unpaired) electrons. The average Bonchev–Trinajstić information content (AvgIpc) is 2.85. The van der Waals surface area contributed by atoms with Gasteiger partial charge in [-0.05, 0) is 37.5 Å². The van der Waals surface area contributed by atoms with Crippen LogP contribution in [0, 0.1) is 6.92 Å². The maximum absolute atomic E-state index is 12.9. The van der Waals surface area contributed by atoms with Crippen LogP contribution < -0.4 is 0 Å². The summed E-state index contributed by atoms with van der Waals surface area (Å²) in [4.78, 5) is 12.3. The predicted octanol–water partition coefficient (Wildman–Crippen LogP) is 3.42. The molecule has 1 fully saturated rings. The lowest BCUT2D eigenvalue weighted by Gasteiger charge is -2.25. The molecule has 2 rings (SSSR count). The van der Waals surface area contributed by atoms with Crippen LogP contribution in [-0.4, -0.2) is 31.0 Å². The SMILES string of the molecule is C=CCC(=C)[C@@H]1[C@@H](CC)OC(=O)N1S(=O)(=O)c1ccc(C)cc1. The lowest BCUT2D eigenvalue weighted by Crippen LogP contribution is -2.42. The molecule has 23 heavy (non-hydrogen) atoms. The number of sulfonamides is 1. The molecule has 124 valence electrons. The first-order chi connectivity index (χ1) is 10.8. The summed E-state index contributed by atoms with van der Waals surface area (Å²) in [7, 11) is -4.00. The van der Waals surface area contributed by atoms with Crippen LogP contribution >= 0.6 is 0 Å². The zero-order chi connectivity index (χ0) is 17.2. The highest BCUT2D eigenvalue weighted by Gasteiger charge is 2.48. The van der Waals surface area contributed by atoms with E-state index in [4.69, 9.17) is 4.74 Å². The summed E-state index contributed by atoms with van der Waals surface area (Å²) in [6.45, 7) is 11.3. The minimum absolute atomic E-state index is 0.0632. The zero-order valence-corrected chi connectivity index (χ0v) is 14.2. The van der Waals surface area contributed by atoms with Gasteiger partial charge in [0.05, 0.1) is 4.90 Å². The maximum Gasteiger partial charge on any atom is 0.424 e. The molecule has 0 unspecified atom stereocenters. The molecule has 1 aliphatic heterocycles. The highest BCUT2D eigenvalue weighted by Crippen LogP contribution is 2.33. The monoisotopic (exact) mass is 335 g/mol. The number of aryl methyl sites for hydroxylation is 1. The van der Waals surface area contributed by atoms with Gasteiger partial charge < -0.3 is 4.74 Å². The van der Waals surface area contributed by atoms with Crippen molar-refractivity contribution in [2.75, 3.05) is 0 Å². The molecule has 1 heterocycles. The molecule has 5 nitrogen and oxygen atoms in total. The first-order valence-corrected chi connectivity index (χ1v) is 8.87. The first kappa shape index (κ1) is 17.3. The summed E-state index contributed by atoms with van der Waals surface area (Å²) in [5, 5.41) is 0. The molecule has 1 aliphatic rings. The van der Waals surface area contributed by atoms with Crippen LogP contribution in [0.15, 0.2) is 54.0 Å². The molecule has 0 bridgehead atoms. The highest BCUT2D eigenvalue weighted by molar-refractivity contribution is 7.89. The predicted molar refractivity (Wildman–Crippen MR) is 88.5 cm³/mol. The largest absolute Gasteiger partial charge is 0.443 e. The van der Waals surface area contributed by atoms with E-state index in [2.05, 4.69) is 13.2 Å². The number of hydrogen-bond acceptors (Lipinski definition) is 4. The van der Waals surface area contributed by atoms with E-state index in [0.717, 1.165) is 9.87 Å². The second-order valence-electron chi connectivity index (χ2n) is 5.54. The fourth-order valence-electron chi connectivity index (χ4n) is 2.62. The number of benzene rings is 1. The zero-order valence-electron chi connectivity index (χ0n) is 13.4. The fraction of sp³-hybridized carbons (Fsp3) is 0.353. The topological polar surface area (TPSA) is 63.7 Å². The second-order valence-corrected chi connectivity index (χ2v) is 7.36. The number of rotatable bonds is 6. The van der Waals surface area contributed by atoms with Gasteiger partial charge in [0.25, 0.3) is 10.0 Å². The van der Waals surface area contributed by atoms with Gasteiger partial charge in [-0.2, -0.15) is 4.31 Å². The molecular weight excluding hydrogens is 314 g/mol. The third-order valence-electron chi connectivity index (χ3n) is 3.84. The smallest absolute Gasteiger partial charge is 0.424 e. The number of cyclic esters (lactones) is 1. The Hall–Kier alpha value is -2.08. The Morgan fingerprint density at radius 1 is 1.35 bits per heavy atom. The molecule has 0 aromatic heterocycles. The standard InChI is InChI=1S/C17H21NO4S/c1-5-7-13(4)16-15(6-2)22-17(19)18(16)23(20,21)14-10-8-12(3)9-11-14/h5,8-11,15-16H,1,4,6-7H2,2-3H3/t15-,16-/m1/s1. The summed E-state index contributed by atoms with van der Waals surface area (Å²) >= 11 is 0. The molecule has 2 atom stereocenters. The van der Waals surface area contributed by atoms with Gasteiger partial charge in [-0.3, -0.25) is 0 Å². The van der Waals surface area contributed by atoms with Crippen LogP contribution in [0.4, 0.5) is 4.79 Å². The average molecular weight is 335 g/mol. The van der Waals surface area contributed by atoms with Gasteiger partial charge in [0.2, 0.25) is 0 Å². The Morgan fingerprint density at radius 2 is 1.96 bits per heavy atom. The Kier molecular flexibility index (Phi) is 4.94. The number of ether oxygens (including phenoxy) is 1. The van der Waals surface area contributed by atoms with Gasteiger partial charge >= 0.3 is 6.09 Å². The van der Waals surface area contributed by atoms with Crippen molar-refractivity contribution < 1.29 is 17.9 Å². The van der Waals surface area contributed by atoms with Crippen LogP contribution in [-0.2, 0) is 14.8 Å². The summed E-state index contributed by atoms with van der Waals surface area (Å²) in [5.74, 6) is 0. The van der Waals surface area contributed by atoms with Crippen molar-refractivity contribution in [1.82, 2.24) is 4.31 Å². The third-order valence-corrected chi connectivity index (χ3v) is 5.60. The summed E-state index contributed by atoms with van der Waals surface area (Å²) in [6, 6.07) is 5.66. The third kappa shape index (κ3) is 3.17. The van der Waals surface area contributed by atoms with Crippen LogP contribution in [0.1, 0.15) is 25.3 Å². The molecular formula is C17H21NO4S. The van der Waals surface area contributed by atoms with Crippen molar-refractivity contribution in [3.05, 3.63) is 54.6 Å². The number of carbonyl (C=O) groups is 1. The van der Waals surface area contributed by atoms with E-state index in [1.165, 1.54) is 12.1 Å². The van der Waals surface area contributed by atoms with Crippen molar-refractivity contribution in [1.29, 1.82) is 0 Å². The van der Waals surface area contributed by atoms with E-state index >= 15 is 0 Å². The second kappa shape index (κ2) is 6.58. The van der Waals surface area contributed by atoms with Gasteiger partial charge in [0.1, 0.15) is 12.1 Å². The number of amides is 1. The molecule has 0 saturated carbocycles. The van der Waals surface area contributed by atoms with E-state index in [0.29, 0.717) is 18.4 Å². The van der Waals surface area contributed by atoms with E-state index in [9.17, 15) is 13.2 Å². The normalized spacial score (nSPS) is 21.1. The minimum atomic E-state index is -4.00. The van der Waals surface area contributed by atoms with E-state index in [1.54, 1.807) is 18.2 Å². The van der Waals surface area contributed by atoms with Crippen molar-refractivity contribution in [2.45, 2.75) is 43.7 Å². The minimum Gasteiger partial charge on any atom is -0.443 e. The Morgan fingerprint density at radius 3 is 2.48 bits per heavy atom. The van der Waals surface area contributed by atoms with E-state index < -0.39 is 28.3 Å². The maximum atomic E-state index is 12.9. The molecule has 1 aromatic carbocycles. The van der Waals surface area contributed by atoms with Crippen molar-refractivity contribution in [3.63, 3.8) is 0 Å². The summed E-state index contributed by atoms with van der Waals surface area (Å²) in [5.41, 5.74) is 1.53. The van der Waals surface area contributed by atoms with Crippen LogP contribution in [0.5, 0.6) is 0 Å². The lowest BCUT2D eigenvalue weighted by atomic mass is 9.99. The molecule has 0 N–H and O–H groups in total. The molecule has 0 spiro atoms. The number of hydrogen-bond donors (Lipinski definition) is 0. The summed E-state index contributed by atoms with van der Waals surface area (Å²) in [6.07, 6.45) is 1.17. The van der Waals surface area contributed by atoms with Crippen molar-refractivity contribution in [2.24, 2.45) is 0 Å². The van der Waals surface area contributed by atoms with Gasteiger partial charge in [-0.15, -0.1) is 6.58 Å². The summed E-state index contributed by atoms with van der Waals surface area (Å²) < 4.78 is 31.9. The van der Waals surface area contributed by atoms with E-state index in [1.807, 2.05) is 13.8 Å². The number of allylic oxidation sites excluding steroid dienone is 1. The Balaban J connectivity index is 2.48. The quantitative estimate of drug-likeness (QED) is 0.747. The molecule has 1 saturated heterocycles. The van der Waals surface area contributed by atoms with Gasteiger partial charge in [-0.1, -0.05) is 37.3 Å². The fourth-order valence-corrected chi connectivity index (χ4v) is 4.15. The lowest BCUT2D eigenvalue weighted by molar-refractivity contribution is 0.131. The highest BCUT2D eigenvalue weighted by atomic mass is 32.2. The molecule has 1 aromatic rings. The first-order valence-electron chi connectivity index (χ1n) is 7.43. The Bertz CT molecular complexity index is 721. The van der Waals surface area contributed by atoms with Crippen LogP contribution in [0.3, 0.4) is 0 Å². The van der Waals surface area contributed by atoms with Crippen LogP contribution in [0.2, 0.25) is 0 Å². The van der Waals surface area contributed by atoms with Gasteiger partial charge in [0.15, 0.2) is 0 Å². The van der Waals surface area contributed by atoms with E-state index in [-0.39, 0.29) is 4.90 Å². The molecule has 1 amide bonds.